The first-order chi connectivity index (χ1) is 7.05. The Morgan fingerprint density at radius 2 is 1.93 bits per heavy atom. The van der Waals surface area contributed by atoms with Crippen molar-refractivity contribution in [2.24, 2.45) is 35.0 Å². The van der Waals surface area contributed by atoms with Crippen molar-refractivity contribution in [3.63, 3.8) is 0 Å². The largest absolute Gasteiger partial charge is 0.0998 e. The van der Waals surface area contributed by atoms with Crippen LogP contribution in [-0.2, 0) is 0 Å². The van der Waals surface area contributed by atoms with E-state index < -0.39 is 0 Å². The molecule has 0 aliphatic heterocycles. The molecule has 0 unspecified atom stereocenters. The molecule has 3 aliphatic carbocycles. The van der Waals surface area contributed by atoms with E-state index in [4.69, 9.17) is 0 Å². The SMILES string of the molecule is CC(=[13CH2])[C@H]1[C@@H]2[C@H](C)[13CH2]C[C@@H]2[C@@]2(C)[13CH2]C[C@@H]12. The predicted octanol–water partition coefficient (Wildman–Crippen LogP) is 4.27. The highest BCUT2D eigenvalue weighted by atomic mass is 14.8. The van der Waals surface area contributed by atoms with Crippen LogP contribution in [0.4, 0.5) is 0 Å². The van der Waals surface area contributed by atoms with Gasteiger partial charge in [-0.2, -0.15) is 0 Å². The minimum absolute atomic E-state index is 0.707. The number of fused-ring (bicyclic) bond motifs is 3. The lowest BCUT2D eigenvalue weighted by atomic mass is 9.67. The van der Waals surface area contributed by atoms with Gasteiger partial charge in [0.05, 0.1) is 0 Å². The second-order valence-electron chi connectivity index (χ2n) is 6.76. The molecular formula is C15H24. The summed E-state index contributed by atoms with van der Waals surface area (Å²) in [6.45, 7) is 11.6. The zero-order chi connectivity index (χ0) is 10.8. The molecule has 0 saturated heterocycles. The van der Waals surface area contributed by atoms with Crippen molar-refractivity contribution < 1.29 is 0 Å². The van der Waals surface area contributed by atoms with Gasteiger partial charge in [-0.05, 0) is 61.2 Å². The number of allylic oxidation sites excluding steroid dienone is 1. The van der Waals surface area contributed by atoms with Gasteiger partial charge >= 0.3 is 0 Å². The first-order valence-corrected chi connectivity index (χ1v) is 6.71. The van der Waals surface area contributed by atoms with Crippen LogP contribution < -0.4 is 0 Å². The van der Waals surface area contributed by atoms with Gasteiger partial charge in [0.1, 0.15) is 0 Å². The van der Waals surface area contributed by atoms with Crippen LogP contribution >= 0.6 is 0 Å². The monoisotopic (exact) mass is 207 g/mol. The third kappa shape index (κ3) is 1.04. The van der Waals surface area contributed by atoms with Gasteiger partial charge in [0.15, 0.2) is 0 Å². The lowest BCUT2D eigenvalue weighted by molar-refractivity contribution is 0.0272. The maximum Gasteiger partial charge on any atom is -0.0141 e. The molecule has 0 bridgehead atoms. The minimum atomic E-state index is 0.707. The summed E-state index contributed by atoms with van der Waals surface area (Å²) in [5.41, 5.74) is 2.19. The summed E-state index contributed by atoms with van der Waals surface area (Å²) in [5, 5.41) is 0. The average molecular weight is 207 g/mol. The molecule has 0 aromatic rings. The van der Waals surface area contributed by atoms with Crippen LogP contribution in [0.2, 0.25) is 0 Å². The van der Waals surface area contributed by atoms with Crippen LogP contribution in [0.5, 0.6) is 0 Å². The maximum atomic E-state index is 4.28. The highest BCUT2D eigenvalue weighted by Gasteiger charge is 2.64. The molecule has 0 amide bonds. The van der Waals surface area contributed by atoms with Crippen LogP contribution in [0.25, 0.3) is 0 Å². The Hall–Kier alpha value is -0.260. The summed E-state index contributed by atoms with van der Waals surface area (Å²) in [6, 6.07) is 0. The predicted molar refractivity (Wildman–Crippen MR) is 64.5 cm³/mol. The molecule has 3 saturated carbocycles. The van der Waals surface area contributed by atoms with Crippen LogP contribution in [0.1, 0.15) is 46.5 Å². The lowest BCUT2D eigenvalue weighted by Crippen LogP contribution is -2.39. The number of rotatable bonds is 1. The summed E-state index contributed by atoms with van der Waals surface area (Å²) < 4.78 is 0. The summed E-state index contributed by atoms with van der Waals surface area (Å²) in [7, 11) is 0. The zero-order valence-corrected chi connectivity index (χ0v) is 10.4. The van der Waals surface area contributed by atoms with Gasteiger partial charge in [-0.3, -0.25) is 0 Å². The van der Waals surface area contributed by atoms with E-state index >= 15 is 0 Å². The van der Waals surface area contributed by atoms with Gasteiger partial charge in [0.25, 0.3) is 0 Å². The van der Waals surface area contributed by atoms with E-state index in [1.165, 1.54) is 31.3 Å². The smallest absolute Gasteiger partial charge is 0.0141 e. The summed E-state index contributed by atoms with van der Waals surface area (Å²) in [4.78, 5) is 0. The van der Waals surface area contributed by atoms with E-state index in [0.29, 0.717) is 5.41 Å². The molecule has 0 heteroatoms. The summed E-state index contributed by atoms with van der Waals surface area (Å²) >= 11 is 0. The Kier molecular flexibility index (Phi) is 1.92. The first kappa shape index (κ1) is 9.93. The molecule has 0 aromatic heterocycles. The van der Waals surface area contributed by atoms with Gasteiger partial charge < -0.3 is 0 Å². The van der Waals surface area contributed by atoms with Crippen molar-refractivity contribution in [1.29, 1.82) is 0 Å². The topological polar surface area (TPSA) is 0 Å². The van der Waals surface area contributed by atoms with Crippen molar-refractivity contribution in [2.75, 3.05) is 0 Å². The van der Waals surface area contributed by atoms with E-state index in [-0.39, 0.29) is 0 Å². The van der Waals surface area contributed by atoms with Crippen LogP contribution in [0, 0.1) is 35.0 Å². The molecule has 0 spiro atoms. The fraction of sp³-hybridized carbons (Fsp3) is 0.867. The molecule has 0 radical (unpaired) electrons. The van der Waals surface area contributed by atoms with Crippen molar-refractivity contribution >= 4 is 0 Å². The summed E-state index contributed by atoms with van der Waals surface area (Å²) in [6.07, 6.45) is 5.95. The van der Waals surface area contributed by atoms with E-state index in [2.05, 4.69) is 27.4 Å². The molecule has 0 nitrogen and oxygen atoms in total. The van der Waals surface area contributed by atoms with Crippen LogP contribution in [0.3, 0.4) is 0 Å². The first-order valence-electron chi connectivity index (χ1n) is 6.71. The fourth-order valence-corrected chi connectivity index (χ4v) is 5.35. The number of hydrogen-bond acceptors (Lipinski definition) is 0. The van der Waals surface area contributed by atoms with Gasteiger partial charge in [0.2, 0.25) is 0 Å². The molecule has 3 aliphatic rings. The van der Waals surface area contributed by atoms with E-state index in [9.17, 15) is 0 Å². The van der Waals surface area contributed by atoms with Gasteiger partial charge in [-0.1, -0.05) is 32.4 Å². The highest BCUT2D eigenvalue weighted by Crippen LogP contribution is 2.71. The summed E-state index contributed by atoms with van der Waals surface area (Å²) in [5.74, 6) is 4.84. The molecule has 15 heavy (non-hydrogen) atoms. The van der Waals surface area contributed by atoms with Crippen LogP contribution in [0.15, 0.2) is 12.2 Å². The molecule has 0 heterocycles. The maximum absolute atomic E-state index is 4.28. The fourth-order valence-electron chi connectivity index (χ4n) is 5.35. The lowest BCUT2D eigenvalue weighted by Gasteiger charge is -2.47. The Labute approximate surface area is 94.1 Å². The van der Waals surface area contributed by atoms with Crippen LogP contribution in [-0.4, -0.2) is 0 Å². The second-order valence-corrected chi connectivity index (χ2v) is 6.76. The molecule has 6 atom stereocenters. The quantitative estimate of drug-likeness (QED) is 0.445. The third-order valence-corrected chi connectivity index (χ3v) is 6.16. The Morgan fingerprint density at radius 1 is 1.20 bits per heavy atom. The van der Waals surface area contributed by atoms with E-state index in [1.54, 1.807) is 0 Å². The molecule has 3 rings (SSSR count). The molecule has 3 fully saturated rings. The zero-order valence-electron chi connectivity index (χ0n) is 10.4. The normalized spacial score (nSPS) is 57.1. The van der Waals surface area contributed by atoms with E-state index in [1.807, 2.05) is 0 Å². The van der Waals surface area contributed by atoms with Gasteiger partial charge in [-0.15, -0.1) is 0 Å². The van der Waals surface area contributed by atoms with Gasteiger partial charge in [0, 0.05) is 0 Å². The van der Waals surface area contributed by atoms with Crippen molar-refractivity contribution in [3.05, 3.63) is 12.2 Å². The third-order valence-electron chi connectivity index (χ3n) is 6.16. The Bertz CT molecular complexity index is 303. The molecule has 0 N–H and O–H groups in total. The average Bonchev–Trinajstić information content (AvgIpc) is 2.59. The number of hydrogen-bond donors (Lipinski definition) is 0. The molecule has 0 aromatic carbocycles. The van der Waals surface area contributed by atoms with E-state index in [0.717, 1.165) is 29.6 Å². The highest BCUT2D eigenvalue weighted by molar-refractivity contribution is 5.19. The van der Waals surface area contributed by atoms with Crippen molar-refractivity contribution in [1.82, 2.24) is 0 Å². The minimum Gasteiger partial charge on any atom is -0.0998 e. The Balaban J connectivity index is 1.99. The molecule has 84 valence electrons. The standard InChI is InChI=1S/C15H24/c1-9(2)13-12-7-8-15(12,4)11-6-5-10(3)14(11)13/h10-14H,1,5-8H2,2-4H3/t10-,11+,12+,13-,14-,15-/m1/s1/i1+1,5+1,8+1. The second kappa shape index (κ2) is 2.90. The van der Waals surface area contributed by atoms with Crippen molar-refractivity contribution in [3.8, 4) is 0 Å². The van der Waals surface area contributed by atoms with Crippen molar-refractivity contribution in [2.45, 2.75) is 46.5 Å². The molecular weight excluding hydrogens is 183 g/mol. The Morgan fingerprint density at radius 3 is 2.47 bits per heavy atom. The van der Waals surface area contributed by atoms with Gasteiger partial charge in [-0.25, -0.2) is 0 Å².